The number of methoxy groups -OCH3 is 4. The number of hydrogen-bond acceptors (Lipinski definition) is 13. The summed E-state index contributed by atoms with van der Waals surface area (Å²) in [5, 5.41) is 1.29. The Labute approximate surface area is 292 Å². The van der Waals surface area contributed by atoms with E-state index in [1.54, 1.807) is 42.7 Å². The number of nitrogens with zero attached hydrogens (tertiary/aromatic N) is 1. The van der Waals surface area contributed by atoms with Gasteiger partial charge in [-0.3, -0.25) is 4.79 Å². The smallest absolute Gasteiger partial charge is 0.343 e. The summed E-state index contributed by atoms with van der Waals surface area (Å²) in [6.45, 7) is 1.76. The Kier molecular flexibility index (Phi) is 22.3. The van der Waals surface area contributed by atoms with Crippen molar-refractivity contribution in [2.24, 2.45) is 0 Å². The Balaban J connectivity index is 0.000000728. The van der Waals surface area contributed by atoms with Gasteiger partial charge < -0.3 is 38.1 Å². The van der Waals surface area contributed by atoms with Gasteiger partial charge in [0.2, 0.25) is 0 Å². The summed E-state index contributed by atoms with van der Waals surface area (Å²) in [6.07, 6.45) is 0. The molecule has 4 aromatic rings. The zero-order valence-electron chi connectivity index (χ0n) is 27.4. The molecule has 0 aliphatic rings. The third kappa shape index (κ3) is 15.5. The van der Waals surface area contributed by atoms with E-state index in [1.807, 2.05) is 61.5 Å². The highest BCUT2D eigenvalue weighted by molar-refractivity contribution is 7.24. The van der Waals surface area contributed by atoms with Gasteiger partial charge in [-0.25, -0.2) is 14.4 Å². The maximum Gasteiger partial charge on any atom is 0.343 e. The molecule has 0 fully saturated rings. The first kappa shape index (κ1) is 44.4. The molecule has 0 amide bonds. The topological polar surface area (TPSA) is 136 Å². The van der Waals surface area contributed by atoms with Crippen molar-refractivity contribution in [2.45, 2.75) is 14.9 Å². The molecule has 3 aromatic carbocycles. The molecular formula is C36H49NO11S. The Bertz CT molecular complexity index is 1620. The minimum Gasteiger partial charge on any atom is -0.482 e. The van der Waals surface area contributed by atoms with Crippen LogP contribution in [0.3, 0.4) is 0 Å². The second kappa shape index (κ2) is 24.6. The van der Waals surface area contributed by atoms with Crippen LogP contribution in [0.4, 0.5) is 5.69 Å². The Morgan fingerprint density at radius 2 is 1.27 bits per heavy atom. The molecule has 4 rings (SSSR count). The lowest BCUT2D eigenvalue weighted by Gasteiger charge is -2.11. The zero-order valence-corrected chi connectivity index (χ0v) is 28.3. The van der Waals surface area contributed by atoms with E-state index in [1.165, 1.54) is 21.3 Å². The lowest BCUT2D eigenvalue weighted by molar-refractivity contribution is -0.146. The Morgan fingerprint density at radius 1 is 0.673 bits per heavy atom. The molecule has 0 N–H and O–H groups in total. The molecule has 0 aliphatic heterocycles. The van der Waals surface area contributed by atoms with Gasteiger partial charge in [-0.2, -0.15) is 0 Å². The lowest BCUT2D eigenvalue weighted by Crippen LogP contribution is -2.14. The van der Waals surface area contributed by atoms with Crippen LogP contribution in [0.1, 0.15) is 25.2 Å². The number of fused-ring (bicyclic) bond motifs is 2. The Morgan fingerprint density at radius 3 is 1.88 bits per heavy atom. The quantitative estimate of drug-likeness (QED) is 0.0740. The first-order valence-electron chi connectivity index (χ1n) is 14.4. The third-order valence-electron chi connectivity index (χ3n) is 6.19. The summed E-state index contributed by atoms with van der Waals surface area (Å²) in [5.41, 5.74) is 1.61. The molecule has 0 spiro atoms. The number of esters is 3. The van der Waals surface area contributed by atoms with Crippen LogP contribution < -0.4 is 15.1 Å². The van der Waals surface area contributed by atoms with Crippen LogP contribution in [0.25, 0.3) is 20.2 Å². The van der Waals surface area contributed by atoms with Crippen LogP contribution in [0, 0.1) is 0 Å². The normalized spacial score (nSPS) is 9.76. The summed E-state index contributed by atoms with van der Waals surface area (Å²) in [5.74, 6) is -0.659. The van der Waals surface area contributed by atoms with E-state index in [-0.39, 0.29) is 45.4 Å². The number of anilines is 1. The van der Waals surface area contributed by atoms with Gasteiger partial charge in [0.25, 0.3) is 0 Å². The van der Waals surface area contributed by atoms with Gasteiger partial charge in [-0.1, -0.05) is 27.0 Å². The summed E-state index contributed by atoms with van der Waals surface area (Å²) >= 11 is 1.56. The molecule has 0 saturated heterocycles. The fourth-order valence-electron chi connectivity index (χ4n) is 3.66. The predicted molar refractivity (Wildman–Crippen MR) is 194 cm³/mol. The largest absolute Gasteiger partial charge is 0.482 e. The van der Waals surface area contributed by atoms with Crippen LogP contribution in [0.2, 0.25) is 0 Å². The summed E-state index contributed by atoms with van der Waals surface area (Å²) in [7, 11) is 9.51. The molecule has 1 aromatic heterocycles. The highest BCUT2D eigenvalue weighted by Gasteiger charge is 2.08. The molecule has 0 unspecified atom stereocenters. The second-order valence-electron chi connectivity index (χ2n) is 9.62. The van der Waals surface area contributed by atoms with E-state index in [9.17, 15) is 19.2 Å². The van der Waals surface area contributed by atoms with Crippen molar-refractivity contribution < 1.29 is 47.5 Å². The number of rotatable bonds is 13. The van der Waals surface area contributed by atoms with Crippen LogP contribution in [-0.2, 0) is 38.0 Å². The fraction of sp³-hybridized carbons (Fsp3) is 0.389. The van der Waals surface area contributed by atoms with Gasteiger partial charge in [0.1, 0.15) is 12.4 Å². The number of ether oxygens (including phenoxy) is 7. The molecule has 13 heteroatoms. The van der Waals surface area contributed by atoms with Crippen LogP contribution in [0.5, 0.6) is 5.75 Å². The SMILES string of the molecule is C.C.COC(=O)COc1ccc2sc3ccccc3c(=O)c2c1.COC(=O)c1ccc(N(C)C)cc1.COCCOCCOCC(=O)OC. The first-order valence-corrected chi connectivity index (χ1v) is 15.2. The second-order valence-corrected chi connectivity index (χ2v) is 10.7. The third-order valence-corrected chi connectivity index (χ3v) is 7.34. The minimum atomic E-state index is -0.459. The van der Waals surface area contributed by atoms with Crippen molar-refractivity contribution in [3.63, 3.8) is 0 Å². The van der Waals surface area contributed by atoms with E-state index in [2.05, 4.69) is 14.2 Å². The number of benzene rings is 3. The standard InChI is InChI=1S/C16H12O4S.C10H13NO2.C8H16O5.2CH4/c1-19-15(17)9-20-10-6-7-14-12(8-10)16(18)11-4-2-3-5-13(11)21-14;1-11(2)9-6-4-8(5-7-9)10(12)13-3;1-10-3-4-12-5-6-13-7-8(9)11-2;;/h2-8H,9H2,1H3;4-7H,1-3H3;3-7H2,1-2H3;2*1H4. The predicted octanol–water partition coefficient (Wildman–Crippen LogP) is 5.62. The van der Waals surface area contributed by atoms with Crippen LogP contribution in [-0.4, -0.2) is 100 Å². The van der Waals surface area contributed by atoms with Crippen molar-refractivity contribution >= 4 is 55.1 Å². The van der Waals surface area contributed by atoms with E-state index in [0.29, 0.717) is 48.5 Å². The number of hydrogen-bond donors (Lipinski definition) is 0. The van der Waals surface area contributed by atoms with Crippen molar-refractivity contribution in [2.75, 3.05) is 87.1 Å². The van der Waals surface area contributed by atoms with E-state index in [4.69, 9.17) is 18.9 Å². The molecule has 0 aliphatic carbocycles. The summed E-state index contributed by atoms with van der Waals surface area (Å²) in [6, 6.07) is 20.0. The van der Waals surface area contributed by atoms with Gasteiger partial charge in [-0.05, 0) is 54.6 Å². The van der Waals surface area contributed by atoms with Crippen molar-refractivity contribution in [1.29, 1.82) is 0 Å². The highest BCUT2D eigenvalue weighted by atomic mass is 32.1. The van der Waals surface area contributed by atoms with Gasteiger partial charge in [0.15, 0.2) is 12.0 Å². The van der Waals surface area contributed by atoms with Crippen LogP contribution >= 0.6 is 11.3 Å². The average Bonchev–Trinajstić information content (AvgIpc) is 3.10. The number of carbonyl (C=O) groups is 3. The van der Waals surface area contributed by atoms with E-state index < -0.39 is 5.97 Å². The molecule has 0 atom stereocenters. The summed E-state index contributed by atoms with van der Waals surface area (Å²) < 4.78 is 35.4. The average molecular weight is 704 g/mol. The number of carbonyl (C=O) groups excluding carboxylic acids is 3. The minimum absolute atomic E-state index is 0. The molecule has 49 heavy (non-hydrogen) atoms. The zero-order chi connectivity index (χ0) is 34.6. The maximum atomic E-state index is 12.5. The molecule has 0 bridgehead atoms. The molecule has 270 valence electrons. The molecule has 1 heterocycles. The fourth-order valence-corrected chi connectivity index (χ4v) is 4.72. The van der Waals surface area contributed by atoms with E-state index in [0.717, 1.165) is 15.1 Å². The van der Waals surface area contributed by atoms with Gasteiger partial charge >= 0.3 is 17.9 Å². The Hall–Kier alpha value is -4.56. The molecular weight excluding hydrogens is 654 g/mol. The molecule has 0 saturated carbocycles. The highest BCUT2D eigenvalue weighted by Crippen LogP contribution is 2.27. The maximum absolute atomic E-state index is 12.5. The van der Waals surface area contributed by atoms with Crippen molar-refractivity contribution in [3.8, 4) is 5.75 Å². The molecule has 12 nitrogen and oxygen atoms in total. The monoisotopic (exact) mass is 703 g/mol. The molecule has 0 radical (unpaired) electrons. The van der Waals surface area contributed by atoms with Crippen molar-refractivity contribution in [1.82, 2.24) is 0 Å². The summed E-state index contributed by atoms with van der Waals surface area (Å²) in [4.78, 5) is 47.1. The van der Waals surface area contributed by atoms with Gasteiger partial charge in [-0.15, -0.1) is 11.3 Å². The van der Waals surface area contributed by atoms with Crippen molar-refractivity contribution in [3.05, 3.63) is 82.5 Å². The van der Waals surface area contributed by atoms with E-state index >= 15 is 0 Å². The first-order chi connectivity index (χ1) is 22.6. The van der Waals surface area contributed by atoms with Crippen LogP contribution in [0.15, 0.2) is 71.5 Å². The lowest BCUT2D eigenvalue weighted by atomic mass is 10.2. The van der Waals surface area contributed by atoms with Gasteiger partial charge in [0, 0.05) is 47.1 Å². The van der Waals surface area contributed by atoms with Gasteiger partial charge in [0.05, 0.1) is 53.3 Å².